The number of hydrogen-bond donors (Lipinski definition) is 0. The van der Waals surface area contributed by atoms with Gasteiger partial charge in [0.05, 0.1) is 10.8 Å². The fraction of sp³-hybridized carbons (Fsp3) is 0.333. The third kappa shape index (κ3) is 4.33. The normalized spacial score (nSPS) is 15.3. The van der Waals surface area contributed by atoms with Crippen LogP contribution in [-0.4, -0.2) is 43.0 Å². The second-order valence-electron chi connectivity index (χ2n) is 4.09. The highest BCUT2D eigenvalue weighted by molar-refractivity contribution is 8.15. The van der Waals surface area contributed by atoms with Gasteiger partial charge in [-0.25, -0.2) is 8.42 Å². The molecule has 0 aromatic heterocycles. The van der Waals surface area contributed by atoms with Crippen LogP contribution < -0.4 is 0 Å². The fourth-order valence-electron chi connectivity index (χ4n) is 1.62. The number of carbonyl (C=O) groups is 1. The molecule has 102 valence electrons. The first-order valence-corrected chi connectivity index (χ1v) is 8.80. The molecule has 0 saturated heterocycles. The smallest absolute Gasteiger partial charge is 0.177 e. The molecule has 7 heteroatoms. The van der Waals surface area contributed by atoms with Gasteiger partial charge >= 0.3 is 0 Å². The van der Waals surface area contributed by atoms with E-state index in [0.717, 1.165) is 5.75 Å². The van der Waals surface area contributed by atoms with Crippen molar-refractivity contribution in [2.24, 2.45) is 4.99 Å². The molecule has 0 amide bonds. The first-order chi connectivity index (χ1) is 8.96. The summed E-state index contributed by atoms with van der Waals surface area (Å²) >= 11 is 7.15. The molecule has 0 fully saturated rings. The summed E-state index contributed by atoms with van der Waals surface area (Å²) in [4.78, 5) is 16.0. The van der Waals surface area contributed by atoms with Gasteiger partial charge in [0.25, 0.3) is 0 Å². The zero-order valence-electron chi connectivity index (χ0n) is 10.0. The van der Waals surface area contributed by atoms with Gasteiger partial charge in [-0.1, -0.05) is 11.6 Å². The number of halogens is 1. The molecular weight excluding hydrogens is 306 g/mol. The van der Waals surface area contributed by atoms with Crippen LogP contribution >= 0.6 is 23.4 Å². The van der Waals surface area contributed by atoms with Gasteiger partial charge in [-0.3, -0.25) is 9.79 Å². The van der Waals surface area contributed by atoms with Crippen molar-refractivity contribution in [2.75, 3.05) is 23.8 Å². The maximum Gasteiger partial charge on any atom is 0.177 e. The molecule has 1 aliphatic rings. The highest BCUT2D eigenvalue weighted by Crippen LogP contribution is 2.15. The number of carbonyl (C=O) groups excluding carboxylic acids is 1. The predicted octanol–water partition coefficient (Wildman–Crippen LogP) is 2.08. The number of benzene rings is 1. The number of hydrogen-bond acceptors (Lipinski definition) is 5. The van der Waals surface area contributed by atoms with Gasteiger partial charge in [-0.15, -0.1) is 11.8 Å². The van der Waals surface area contributed by atoms with Gasteiger partial charge in [0.1, 0.15) is 5.75 Å². The van der Waals surface area contributed by atoms with Crippen LogP contribution in [-0.2, 0) is 9.84 Å². The van der Waals surface area contributed by atoms with E-state index >= 15 is 0 Å². The minimum Gasteiger partial charge on any atom is -0.293 e. The number of ketones is 1. The largest absolute Gasteiger partial charge is 0.293 e. The summed E-state index contributed by atoms with van der Waals surface area (Å²) < 4.78 is 23.8. The average molecular weight is 318 g/mol. The Bertz CT molecular complexity index is 608. The molecule has 2 rings (SSSR count). The Morgan fingerprint density at radius 1 is 1.32 bits per heavy atom. The third-order valence-electron chi connectivity index (χ3n) is 2.51. The Labute approximate surface area is 121 Å². The van der Waals surface area contributed by atoms with E-state index in [0.29, 0.717) is 22.2 Å². The monoisotopic (exact) mass is 317 g/mol. The Hall–Kier alpha value is -0.850. The lowest BCUT2D eigenvalue weighted by molar-refractivity contribution is 0.102. The number of aliphatic imine (C=N–C) groups is 1. The number of rotatable bonds is 5. The van der Waals surface area contributed by atoms with Gasteiger partial charge in [-0.2, -0.15) is 0 Å². The minimum absolute atomic E-state index is 0.142. The topological polar surface area (TPSA) is 63.6 Å². The highest BCUT2D eigenvalue weighted by Gasteiger charge is 2.22. The van der Waals surface area contributed by atoms with Crippen LogP contribution in [0.1, 0.15) is 10.4 Å². The standard InChI is InChI=1S/C12H12ClNO3S2/c13-10-3-1-9(2-4-10)11(15)7-19(16,17)8-12-14-5-6-18-12/h1-4H,5-8H2. The lowest BCUT2D eigenvalue weighted by Gasteiger charge is -2.04. The zero-order valence-corrected chi connectivity index (χ0v) is 12.4. The molecule has 1 aromatic rings. The van der Waals surface area contributed by atoms with E-state index in [1.165, 1.54) is 23.9 Å². The lowest BCUT2D eigenvalue weighted by atomic mass is 10.1. The van der Waals surface area contributed by atoms with Crippen LogP contribution in [0.25, 0.3) is 0 Å². The molecule has 0 bridgehead atoms. The number of Topliss-reactive ketones (excluding diaryl/α,β-unsaturated/α-hetero) is 1. The third-order valence-corrected chi connectivity index (χ3v) is 5.35. The summed E-state index contributed by atoms with van der Waals surface area (Å²) in [5.41, 5.74) is 0.356. The van der Waals surface area contributed by atoms with Crippen LogP contribution in [0.15, 0.2) is 29.3 Å². The summed E-state index contributed by atoms with van der Waals surface area (Å²) in [5.74, 6) is -0.235. The summed E-state index contributed by atoms with van der Waals surface area (Å²) in [6.07, 6.45) is 0. The van der Waals surface area contributed by atoms with E-state index in [1.54, 1.807) is 12.1 Å². The SMILES string of the molecule is O=C(CS(=O)(=O)CC1=NCCS1)c1ccc(Cl)cc1. The summed E-state index contributed by atoms with van der Waals surface area (Å²) in [5, 5.41) is 1.11. The molecule has 1 aromatic carbocycles. The molecule has 0 atom stereocenters. The molecule has 0 spiro atoms. The van der Waals surface area contributed by atoms with E-state index in [4.69, 9.17) is 11.6 Å². The van der Waals surface area contributed by atoms with Crippen molar-refractivity contribution in [2.45, 2.75) is 0 Å². The van der Waals surface area contributed by atoms with Crippen molar-refractivity contribution in [3.63, 3.8) is 0 Å². The second-order valence-corrected chi connectivity index (χ2v) is 7.76. The molecule has 1 heterocycles. The Balaban J connectivity index is 2.03. The number of thioether (sulfide) groups is 1. The van der Waals surface area contributed by atoms with Gasteiger partial charge in [0.15, 0.2) is 15.6 Å². The summed E-state index contributed by atoms with van der Waals surface area (Å²) in [6.45, 7) is 0.653. The molecule has 4 nitrogen and oxygen atoms in total. The highest BCUT2D eigenvalue weighted by atomic mass is 35.5. The van der Waals surface area contributed by atoms with Crippen molar-refractivity contribution in [3.05, 3.63) is 34.9 Å². The van der Waals surface area contributed by atoms with Crippen LogP contribution in [0.4, 0.5) is 0 Å². The molecule has 0 unspecified atom stereocenters. The predicted molar refractivity (Wildman–Crippen MR) is 79.2 cm³/mol. The fourth-order valence-corrected chi connectivity index (χ4v) is 4.36. The quantitative estimate of drug-likeness (QED) is 0.780. The molecule has 0 radical (unpaired) electrons. The lowest BCUT2D eigenvalue weighted by Crippen LogP contribution is -2.22. The van der Waals surface area contributed by atoms with E-state index in [2.05, 4.69) is 4.99 Å². The Kier molecular flexibility index (Phi) is 4.65. The van der Waals surface area contributed by atoms with E-state index in [9.17, 15) is 13.2 Å². The van der Waals surface area contributed by atoms with E-state index in [1.807, 2.05) is 0 Å². The van der Waals surface area contributed by atoms with Gasteiger partial charge in [0, 0.05) is 22.9 Å². The molecule has 0 N–H and O–H groups in total. The number of nitrogens with zero attached hydrogens (tertiary/aromatic N) is 1. The minimum atomic E-state index is -3.46. The van der Waals surface area contributed by atoms with Crippen LogP contribution in [0.5, 0.6) is 0 Å². The van der Waals surface area contributed by atoms with Crippen LogP contribution in [0.3, 0.4) is 0 Å². The zero-order chi connectivity index (χ0) is 13.9. The second kappa shape index (κ2) is 6.07. The maximum absolute atomic E-state index is 11.9. The van der Waals surface area contributed by atoms with Crippen LogP contribution in [0.2, 0.25) is 5.02 Å². The average Bonchev–Trinajstić information content (AvgIpc) is 2.81. The van der Waals surface area contributed by atoms with Crippen molar-refractivity contribution >= 4 is 44.0 Å². The Morgan fingerprint density at radius 3 is 2.58 bits per heavy atom. The molecular formula is C12H12ClNO3S2. The summed E-state index contributed by atoms with van der Waals surface area (Å²) in [6, 6.07) is 6.20. The van der Waals surface area contributed by atoms with Gasteiger partial charge < -0.3 is 0 Å². The first-order valence-electron chi connectivity index (χ1n) is 5.61. The maximum atomic E-state index is 11.9. The molecule has 0 aliphatic carbocycles. The first kappa shape index (κ1) is 14.6. The van der Waals surface area contributed by atoms with Crippen LogP contribution in [0, 0.1) is 0 Å². The molecule has 1 aliphatic heterocycles. The van der Waals surface area contributed by atoms with Crippen molar-refractivity contribution in [1.82, 2.24) is 0 Å². The molecule has 0 saturated carbocycles. The van der Waals surface area contributed by atoms with Crippen molar-refractivity contribution in [1.29, 1.82) is 0 Å². The van der Waals surface area contributed by atoms with E-state index < -0.39 is 21.4 Å². The van der Waals surface area contributed by atoms with Gasteiger partial charge in [0.2, 0.25) is 0 Å². The number of sulfone groups is 1. The van der Waals surface area contributed by atoms with Gasteiger partial charge in [-0.05, 0) is 24.3 Å². The van der Waals surface area contributed by atoms with Crippen molar-refractivity contribution in [3.8, 4) is 0 Å². The Morgan fingerprint density at radius 2 is 2.00 bits per heavy atom. The van der Waals surface area contributed by atoms with Crippen molar-refractivity contribution < 1.29 is 13.2 Å². The summed E-state index contributed by atoms with van der Waals surface area (Å²) in [7, 11) is -3.46. The molecule has 19 heavy (non-hydrogen) atoms. The van der Waals surface area contributed by atoms with E-state index in [-0.39, 0.29) is 5.75 Å².